The minimum absolute atomic E-state index is 0.0540. The van der Waals surface area contributed by atoms with Crippen LogP contribution in [0.15, 0.2) is 29.6 Å². The predicted molar refractivity (Wildman–Crippen MR) is 91.7 cm³/mol. The third-order valence-corrected chi connectivity index (χ3v) is 5.39. The second-order valence-electron chi connectivity index (χ2n) is 7.06. The Morgan fingerprint density at radius 2 is 2.04 bits per heavy atom. The number of imidazole rings is 1. The maximum absolute atomic E-state index is 11.8. The molecule has 1 saturated heterocycles. The Morgan fingerprint density at radius 1 is 1.17 bits per heavy atom. The van der Waals surface area contributed by atoms with Crippen LogP contribution in [0.3, 0.4) is 0 Å². The van der Waals surface area contributed by atoms with Crippen molar-refractivity contribution in [1.29, 1.82) is 0 Å². The number of rotatable bonds is 4. The highest BCUT2D eigenvalue weighted by atomic mass is 16.1. The average Bonchev–Trinajstić information content (AvgIpc) is 3.02. The normalized spacial score (nSPS) is 19.3. The van der Waals surface area contributed by atoms with Crippen molar-refractivity contribution in [2.45, 2.75) is 51.7 Å². The Morgan fingerprint density at radius 3 is 2.88 bits per heavy atom. The SMILES string of the molecule is O=c1ccncn1CC1CCN(Cc2cnc3n2CCCC3)CC1. The second-order valence-corrected chi connectivity index (χ2v) is 7.06. The van der Waals surface area contributed by atoms with Crippen molar-refractivity contribution in [2.75, 3.05) is 13.1 Å². The van der Waals surface area contributed by atoms with Gasteiger partial charge < -0.3 is 4.57 Å². The van der Waals surface area contributed by atoms with E-state index in [4.69, 9.17) is 0 Å². The molecular weight excluding hydrogens is 302 g/mol. The van der Waals surface area contributed by atoms with E-state index in [1.807, 2.05) is 0 Å². The molecule has 0 bridgehead atoms. The highest BCUT2D eigenvalue weighted by Gasteiger charge is 2.22. The summed E-state index contributed by atoms with van der Waals surface area (Å²) in [5.41, 5.74) is 1.42. The number of nitrogens with zero attached hydrogens (tertiary/aromatic N) is 5. The fraction of sp³-hybridized carbons (Fsp3) is 0.611. The zero-order chi connectivity index (χ0) is 16.4. The molecule has 0 unspecified atom stereocenters. The summed E-state index contributed by atoms with van der Waals surface area (Å²) in [4.78, 5) is 23.0. The van der Waals surface area contributed by atoms with Crippen LogP contribution in [-0.4, -0.2) is 37.1 Å². The van der Waals surface area contributed by atoms with Crippen LogP contribution >= 0.6 is 0 Å². The first kappa shape index (κ1) is 15.6. The fourth-order valence-electron chi connectivity index (χ4n) is 3.96. The Labute approximate surface area is 142 Å². The fourth-order valence-corrected chi connectivity index (χ4v) is 3.96. The quantitative estimate of drug-likeness (QED) is 0.857. The molecule has 0 amide bonds. The van der Waals surface area contributed by atoms with Crippen molar-refractivity contribution in [3.8, 4) is 0 Å². The van der Waals surface area contributed by atoms with E-state index < -0.39 is 0 Å². The van der Waals surface area contributed by atoms with Gasteiger partial charge in [0.25, 0.3) is 5.56 Å². The highest BCUT2D eigenvalue weighted by Crippen LogP contribution is 2.22. The number of aromatic nitrogens is 4. The van der Waals surface area contributed by atoms with E-state index in [9.17, 15) is 4.79 Å². The Balaban J connectivity index is 1.33. The van der Waals surface area contributed by atoms with Crippen LogP contribution < -0.4 is 5.56 Å². The van der Waals surface area contributed by atoms with E-state index in [2.05, 4.69) is 25.6 Å². The first-order valence-electron chi connectivity index (χ1n) is 9.06. The molecule has 2 aliphatic rings. The van der Waals surface area contributed by atoms with Crippen molar-refractivity contribution in [3.63, 3.8) is 0 Å². The molecule has 128 valence electrons. The zero-order valence-electron chi connectivity index (χ0n) is 14.1. The maximum atomic E-state index is 11.8. The molecule has 2 aliphatic heterocycles. The van der Waals surface area contributed by atoms with Gasteiger partial charge in [-0.2, -0.15) is 0 Å². The summed E-state index contributed by atoms with van der Waals surface area (Å²) in [7, 11) is 0. The molecular formula is C18H25N5O. The molecule has 0 N–H and O–H groups in total. The zero-order valence-corrected chi connectivity index (χ0v) is 14.1. The average molecular weight is 327 g/mol. The molecule has 0 spiro atoms. The molecule has 0 aromatic carbocycles. The topological polar surface area (TPSA) is 56.0 Å². The molecule has 6 nitrogen and oxygen atoms in total. The largest absolute Gasteiger partial charge is 0.331 e. The number of hydrogen-bond acceptors (Lipinski definition) is 4. The summed E-state index contributed by atoms with van der Waals surface area (Å²) in [6.07, 6.45) is 11.3. The van der Waals surface area contributed by atoms with Gasteiger partial charge in [0.2, 0.25) is 0 Å². The molecule has 4 rings (SSSR count). The summed E-state index contributed by atoms with van der Waals surface area (Å²) < 4.78 is 4.17. The molecule has 0 atom stereocenters. The summed E-state index contributed by atoms with van der Waals surface area (Å²) in [6, 6.07) is 1.54. The summed E-state index contributed by atoms with van der Waals surface area (Å²) in [6.45, 7) is 5.13. The molecule has 0 radical (unpaired) electrons. The number of likely N-dealkylation sites (tertiary alicyclic amines) is 1. The Bertz CT molecular complexity index is 742. The van der Waals surface area contributed by atoms with Gasteiger partial charge in [0.1, 0.15) is 5.82 Å². The van der Waals surface area contributed by atoms with Gasteiger partial charge in [0, 0.05) is 44.5 Å². The monoisotopic (exact) mass is 327 g/mol. The lowest BCUT2D eigenvalue weighted by Gasteiger charge is -2.32. The number of piperidine rings is 1. The smallest absolute Gasteiger partial charge is 0.253 e. The van der Waals surface area contributed by atoms with E-state index in [0.717, 1.165) is 52.0 Å². The van der Waals surface area contributed by atoms with Gasteiger partial charge in [-0.3, -0.25) is 14.3 Å². The van der Waals surface area contributed by atoms with Crippen molar-refractivity contribution >= 4 is 0 Å². The lowest BCUT2D eigenvalue weighted by Crippen LogP contribution is -2.36. The van der Waals surface area contributed by atoms with Crippen LogP contribution in [-0.2, 0) is 26.1 Å². The van der Waals surface area contributed by atoms with Gasteiger partial charge >= 0.3 is 0 Å². The second kappa shape index (κ2) is 6.89. The van der Waals surface area contributed by atoms with Crippen molar-refractivity contribution in [1.82, 2.24) is 24.0 Å². The first-order chi connectivity index (χ1) is 11.8. The van der Waals surface area contributed by atoms with Crippen molar-refractivity contribution < 1.29 is 0 Å². The van der Waals surface area contributed by atoms with Gasteiger partial charge in [-0.05, 0) is 44.7 Å². The third-order valence-electron chi connectivity index (χ3n) is 5.39. The van der Waals surface area contributed by atoms with E-state index in [0.29, 0.717) is 5.92 Å². The van der Waals surface area contributed by atoms with E-state index in [-0.39, 0.29) is 5.56 Å². The number of aryl methyl sites for hydroxylation is 1. The maximum Gasteiger partial charge on any atom is 0.253 e. The molecule has 24 heavy (non-hydrogen) atoms. The van der Waals surface area contributed by atoms with Crippen molar-refractivity contribution in [3.05, 3.63) is 46.7 Å². The molecule has 0 aliphatic carbocycles. The Hall–Kier alpha value is -1.95. The molecule has 2 aromatic heterocycles. The van der Waals surface area contributed by atoms with Gasteiger partial charge in [-0.25, -0.2) is 9.97 Å². The van der Waals surface area contributed by atoms with E-state index in [1.54, 1.807) is 17.1 Å². The van der Waals surface area contributed by atoms with Crippen LogP contribution in [0.25, 0.3) is 0 Å². The van der Waals surface area contributed by atoms with E-state index >= 15 is 0 Å². The minimum atomic E-state index is 0.0540. The van der Waals surface area contributed by atoms with Gasteiger partial charge in [0.05, 0.1) is 12.0 Å². The summed E-state index contributed by atoms with van der Waals surface area (Å²) in [5, 5.41) is 0. The van der Waals surface area contributed by atoms with Gasteiger partial charge in [0.15, 0.2) is 0 Å². The molecule has 2 aromatic rings. The number of fused-ring (bicyclic) bond motifs is 1. The van der Waals surface area contributed by atoms with Crippen LogP contribution in [0.2, 0.25) is 0 Å². The lowest BCUT2D eigenvalue weighted by atomic mass is 9.96. The lowest BCUT2D eigenvalue weighted by molar-refractivity contribution is 0.162. The molecule has 4 heterocycles. The minimum Gasteiger partial charge on any atom is -0.331 e. The highest BCUT2D eigenvalue weighted by molar-refractivity contribution is 5.07. The van der Waals surface area contributed by atoms with Crippen LogP contribution in [0.5, 0.6) is 0 Å². The van der Waals surface area contributed by atoms with Crippen LogP contribution in [0, 0.1) is 5.92 Å². The van der Waals surface area contributed by atoms with Crippen LogP contribution in [0.4, 0.5) is 0 Å². The molecule has 6 heteroatoms. The standard InChI is InChI=1S/C18H25N5O/c24-18-4-7-19-14-22(18)12-15-5-9-21(10-6-15)13-16-11-20-17-3-1-2-8-23(16)17/h4,7,11,14-15H,1-3,5-6,8-10,12-13H2. The third kappa shape index (κ3) is 3.29. The first-order valence-corrected chi connectivity index (χ1v) is 9.06. The van der Waals surface area contributed by atoms with E-state index in [1.165, 1.54) is 30.4 Å². The predicted octanol–water partition coefficient (Wildman–Crippen LogP) is 1.69. The Kier molecular flexibility index (Phi) is 4.47. The molecule has 1 fully saturated rings. The number of hydrogen-bond donors (Lipinski definition) is 0. The molecule has 0 saturated carbocycles. The van der Waals surface area contributed by atoms with Gasteiger partial charge in [-0.1, -0.05) is 0 Å². The van der Waals surface area contributed by atoms with Crippen molar-refractivity contribution in [2.24, 2.45) is 5.92 Å². The van der Waals surface area contributed by atoms with Crippen LogP contribution in [0.1, 0.15) is 37.2 Å². The summed E-state index contributed by atoms with van der Waals surface area (Å²) >= 11 is 0. The summed E-state index contributed by atoms with van der Waals surface area (Å²) in [5.74, 6) is 1.84. The van der Waals surface area contributed by atoms with Gasteiger partial charge in [-0.15, -0.1) is 0 Å².